The average Bonchev–Trinajstić information content (AvgIpc) is 2.66. The summed E-state index contributed by atoms with van der Waals surface area (Å²) in [6.45, 7) is 0. The normalized spacial score (nSPS) is 13.8. The van der Waals surface area contributed by atoms with Gasteiger partial charge in [-0.15, -0.1) is 0 Å². The van der Waals surface area contributed by atoms with Crippen LogP contribution in [0.3, 0.4) is 0 Å². The summed E-state index contributed by atoms with van der Waals surface area (Å²) in [6, 6.07) is 12.0. The summed E-state index contributed by atoms with van der Waals surface area (Å²) < 4.78 is 0. The highest BCUT2D eigenvalue weighted by Crippen LogP contribution is 2.36. The number of Topliss-reactive ketones (excluding diaryl/α,β-unsaturated/α-hetero) is 2. The Morgan fingerprint density at radius 1 is 0.778 bits per heavy atom. The first-order valence-corrected chi connectivity index (χ1v) is 5.66. The van der Waals surface area contributed by atoms with Crippen LogP contribution < -0.4 is 0 Å². The van der Waals surface area contributed by atoms with Gasteiger partial charge < -0.3 is 5.11 Å². The maximum Gasteiger partial charge on any atom is 0.171 e. The second kappa shape index (κ2) is 3.81. The van der Waals surface area contributed by atoms with E-state index in [-0.39, 0.29) is 23.7 Å². The second-order valence-corrected chi connectivity index (χ2v) is 4.27. The Morgan fingerprint density at radius 3 is 2.22 bits per heavy atom. The molecule has 3 nitrogen and oxygen atoms in total. The lowest BCUT2D eigenvalue weighted by Crippen LogP contribution is -1.95. The Balaban J connectivity index is 2.30. The SMILES string of the molecule is O=C1CC(=O)c2c1cccc2-c1ccccc1O. The third kappa shape index (κ3) is 1.44. The van der Waals surface area contributed by atoms with E-state index < -0.39 is 0 Å². The summed E-state index contributed by atoms with van der Waals surface area (Å²) in [5, 5.41) is 9.85. The molecular weight excluding hydrogens is 228 g/mol. The Kier molecular flexibility index (Phi) is 2.27. The lowest BCUT2D eigenvalue weighted by Gasteiger charge is -2.08. The molecule has 2 aromatic rings. The van der Waals surface area contributed by atoms with E-state index in [0.29, 0.717) is 22.3 Å². The van der Waals surface area contributed by atoms with Crippen molar-refractivity contribution in [3.8, 4) is 16.9 Å². The number of para-hydroxylation sites is 1. The molecule has 3 rings (SSSR count). The van der Waals surface area contributed by atoms with Crippen LogP contribution in [-0.4, -0.2) is 16.7 Å². The van der Waals surface area contributed by atoms with Gasteiger partial charge in [0.1, 0.15) is 5.75 Å². The van der Waals surface area contributed by atoms with Gasteiger partial charge in [-0.25, -0.2) is 0 Å². The summed E-state index contributed by atoms with van der Waals surface area (Å²) in [4.78, 5) is 23.5. The first kappa shape index (κ1) is 10.7. The smallest absolute Gasteiger partial charge is 0.171 e. The van der Waals surface area contributed by atoms with Gasteiger partial charge in [-0.05, 0) is 11.6 Å². The zero-order chi connectivity index (χ0) is 12.7. The van der Waals surface area contributed by atoms with Crippen molar-refractivity contribution < 1.29 is 14.7 Å². The van der Waals surface area contributed by atoms with Crippen LogP contribution in [0, 0.1) is 0 Å². The van der Waals surface area contributed by atoms with Gasteiger partial charge in [0, 0.05) is 16.7 Å². The molecule has 0 saturated carbocycles. The minimum Gasteiger partial charge on any atom is -0.507 e. The Morgan fingerprint density at radius 2 is 1.44 bits per heavy atom. The Labute approximate surface area is 104 Å². The number of ketones is 2. The van der Waals surface area contributed by atoms with Crippen molar-refractivity contribution in [2.45, 2.75) is 6.42 Å². The Bertz CT molecular complexity index is 671. The molecule has 1 aliphatic carbocycles. The van der Waals surface area contributed by atoms with Gasteiger partial charge in [0.05, 0.1) is 6.42 Å². The molecule has 88 valence electrons. The molecule has 0 aromatic heterocycles. The van der Waals surface area contributed by atoms with Crippen molar-refractivity contribution in [3.05, 3.63) is 53.6 Å². The lowest BCUT2D eigenvalue weighted by molar-refractivity contribution is 0.0923. The maximum absolute atomic E-state index is 11.9. The van der Waals surface area contributed by atoms with E-state index >= 15 is 0 Å². The number of benzene rings is 2. The number of fused-ring (bicyclic) bond motifs is 1. The molecule has 0 fully saturated rings. The van der Waals surface area contributed by atoms with Gasteiger partial charge >= 0.3 is 0 Å². The molecule has 0 spiro atoms. The van der Waals surface area contributed by atoms with Crippen LogP contribution in [0.25, 0.3) is 11.1 Å². The third-order valence-electron chi connectivity index (χ3n) is 3.16. The fraction of sp³-hybridized carbons (Fsp3) is 0.0667. The van der Waals surface area contributed by atoms with Gasteiger partial charge in [-0.3, -0.25) is 9.59 Å². The summed E-state index contributed by atoms with van der Waals surface area (Å²) in [7, 11) is 0. The maximum atomic E-state index is 11.9. The van der Waals surface area contributed by atoms with E-state index in [1.807, 2.05) is 0 Å². The minimum absolute atomic E-state index is 0.0695. The first-order valence-electron chi connectivity index (χ1n) is 5.66. The highest BCUT2D eigenvalue weighted by atomic mass is 16.3. The second-order valence-electron chi connectivity index (χ2n) is 4.27. The Hall–Kier alpha value is -2.42. The van der Waals surface area contributed by atoms with E-state index in [1.54, 1.807) is 42.5 Å². The third-order valence-corrected chi connectivity index (χ3v) is 3.16. The van der Waals surface area contributed by atoms with Crippen LogP contribution in [0.1, 0.15) is 27.1 Å². The molecule has 0 aliphatic heterocycles. The molecule has 1 aliphatic rings. The highest BCUT2D eigenvalue weighted by Gasteiger charge is 2.30. The zero-order valence-electron chi connectivity index (χ0n) is 9.51. The number of hydrogen-bond acceptors (Lipinski definition) is 3. The van der Waals surface area contributed by atoms with Crippen molar-refractivity contribution in [2.24, 2.45) is 0 Å². The molecule has 0 heterocycles. The number of aromatic hydroxyl groups is 1. The van der Waals surface area contributed by atoms with E-state index in [1.165, 1.54) is 0 Å². The fourth-order valence-corrected chi connectivity index (χ4v) is 2.34. The standard InChI is InChI=1S/C15H10O3/c16-12-7-2-1-4-9(12)10-5-3-6-11-13(17)8-14(18)15(10)11/h1-7,16H,8H2. The molecule has 18 heavy (non-hydrogen) atoms. The van der Waals surface area contributed by atoms with E-state index in [2.05, 4.69) is 0 Å². The lowest BCUT2D eigenvalue weighted by atomic mass is 9.96. The van der Waals surface area contributed by atoms with Crippen molar-refractivity contribution in [2.75, 3.05) is 0 Å². The van der Waals surface area contributed by atoms with Crippen molar-refractivity contribution >= 4 is 11.6 Å². The summed E-state index contributed by atoms with van der Waals surface area (Å²) in [5.41, 5.74) is 2.10. The molecular formula is C15H10O3. The van der Waals surface area contributed by atoms with Gasteiger partial charge in [-0.1, -0.05) is 36.4 Å². The number of hydrogen-bond donors (Lipinski definition) is 1. The molecule has 3 heteroatoms. The predicted molar refractivity (Wildman–Crippen MR) is 66.8 cm³/mol. The molecule has 0 atom stereocenters. The van der Waals surface area contributed by atoms with Gasteiger partial charge in [0.2, 0.25) is 0 Å². The van der Waals surface area contributed by atoms with Crippen LogP contribution in [0.5, 0.6) is 5.75 Å². The van der Waals surface area contributed by atoms with Crippen molar-refractivity contribution in [1.29, 1.82) is 0 Å². The molecule has 0 bridgehead atoms. The summed E-state index contributed by atoms with van der Waals surface area (Å²) in [6.07, 6.45) is -0.0695. The van der Waals surface area contributed by atoms with Gasteiger partial charge in [-0.2, -0.15) is 0 Å². The number of rotatable bonds is 1. The zero-order valence-corrected chi connectivity index (χ0v) is 9.51. The van der Waals surface area contributed by atoms with E-state index in [4.69, 9.17) is 0 Å². The number of phenols is 1. The molecule has 2 aromatic carbocycles. The average molecular weight is 238 g/mol. The molecule has 0 unspecified atom stereocenters. The van der Waals surface area contributed by atoms with Crippen LogP contribution in [-0.2, 0) is 0 Å². The van der Waals surface area contributed by atoms with E-state index in [0.717, 1.165) is 0 Å². The van der Waals surface area contributed by atoms with Crippen molar-refractivity contribution in [3.63, 3.8) is 0 Å². The number of carbonyl (C=O) groups is 2. The van der Waals surface area contributed by atoms with Crippen LogP contribution >= 0.6 is 0 Å². The molecule has 0 radical (unpaired) electrons. The topological polar surface area (TPSA) is 54.4 Å². The summed E-state index contributed by atoms with van der Waals surface area (Å²) >= 11 is 0. The van der Waals surface area contributed by atoms with E-state index in [9.17, 15) is 14.7 Å². The highest BCUT2D eigenvalue weighted by molar-refractivity contribution is 6.26. The first-order chi connectivity index (χ1) is 8.68. The minimum atomic E-state index is -0.172. The molecule has 0 saturated heterocycles. The fourth-order valence-electron chi connectivity index (χ4n) is 2.34. The number of carbonyl (C=O) groups excluding carboxylic acids is 2. The van der Waals surface area contributed by atoms with Crippen molar-refractivity contribution in [1.82, 2.24) is 0 Å². The quantitative estimate of drug-likeness (QED) is 0.777. The molecule has 0 amide bonds. The van der Waals surface area contributed by atoms with Gasteiger partial charge in [0.15, 0.2) is 11.6 Å². The summed E-state index contributed by atoms with van der Waals surface area (Å²) in [5.74, 6) is -0.209. The largest absolute Gasteiger partial charge is 0.507 e. The van der Waals surface area contributed by atoms with Crippen LogP contribution in [0.15, 0.2) is 42.5 Å². The molecule has 1 N–H and O–H groups in total. The van der Waals surface area contributed by atoms with Crippen LogP contribution in [0.2, 0.25) is 0 Å². The number of phenolic OH excluding ortho intramolecular Hbond substituents is 1. The van der Waals surface area contributed by atoms with Crippen LogP contribution in [0.4, 0.5) is 0 Å². The van der Waals surface area contributed by atoms with Gasteiger partial charge in [0.25, 0.3) is 0 Å². The predicted octanol–water partition coefficient (Wildman–Crippen LogP) is 2.83. The monoisotopic (exact) mass is 238 g/mol.